The van der Waals surface area contributed by atoms with Gasteiger partial charge in [-0.05, 0) is 72.5 Å². The predicted molar refractivity (Wildman–Crippen MR) is 192 cm³/mol. The van der Waals surface area contributed by atoms with E-state index in [1.807, 2.05) is 30.3 Å². The summed E-state index contributed by atoms with van der Waals surface area (Å²) < 4.78 is 54.3. The van der Waals surface area contributed by atoms with Gasteiger partial charge in [-0.15, -0.1) is 0 Å². The van der Waals surface area contributed by atoms with Crippen LogP contribution >= 0.6 is 23.2 Å². The number of nitrogens with one attached hydrogen (secondary N) is 1. The fourth-order valence-corrected chi connectivity index (χ4v) is 7.89. The zero-order valence-electron chi connectivity index (χ0n) is 27.7. The van der Waals surface area contributed by atoms with Gasteiger partial charge in [-0.25, -0.2) is 12.8 Å². The average molecular weight is 743 g/mol. The van der Waals surface area contributed by atoms with E-state index in [0.29, 0.717) is 16.3 Å². The third-order valence-electron chi connectivity index (χ3n) is 8.66. The Morgan fingerprint density at radius 1 is 0.900 bits per heavy atom. The Morgan fingerprint density at radius 3 is 2.22 bits per heavy atom. The van der Waals surface area contributed by atoms with Crippen molar-refractivity contribution in [3.8, 4) is 11.5 Å². The average Bonchev–Trinajstić information content (AvgIpc) is 3.63. The molecular weight excluding hydrogens is 704 g/mol. The predicted octanol–water partition coefficient (Wildman–Crippen LogP) is 7.04. The first-order valence-electron chi connectivity index (χ1n) is 16.1. The fraction of sp³-hybridized carbons (Fsp3) is 0.297. The molecule has 1 atom stereocenters. The molecule has 1 saturated carbocycles. The van der Waals surface area contributed by atoms with Crippen molar-refractivity contribution in [2.45, 2.75) is 55.6 Å². The van der Waals surface area contributed by atoms with Gasteiger partial charge >= 0.3 is 0 Å². The molecule has 0 spiro atoms. The lowest BCUT2D eigenvalue weighted by Gasteiger charge is -2.34. The summed E-state index contributed by atoms with van der Waals surface area (Å²) in [6.45, 7) is -0.854. The number of benzene rings is 4. The van der Waals surface area contributed by atoms with Crippen LogP contribution in [0.5, 0.6) is 11.5 Å². The molecule has 1 unspecified atom stereocenters. The molecule has 1 fully saturated rings. The first-order chi connectivity index (χ1) is 24.0. The second kappa shape index (κ2) is 16.6. The molecule has 1 aliphatic carbocycles. The molecule has 0 bridgehead atoms. The molecule has 264 valence electrons. The lowest BCUT2D eigenvalue weighted by Crippen LogP contribution is -2.54. The Kier molecular flexibility index (Phi) is 12.3. The van der Waals surface area contributed by atoms with Crippen LogP contribution in [0.1, 0.15) is 36.8 Å². The van der Waals surface area contributed by atoms with Gasteiger partial charge in [0.05, 0.1) is 24.8 Å². The molecule has 1 N–H and O–H groups in total. The molecule has 5 rings (SSSR count). The molecule has 0 heterocycles. The maximum atomic E-state index is 14.7. The first kappa shape index (κ1) is 36.9. The van der Waals surface area contributed by atoms with Crippen molar-refractivity contribution in [1.29, 1.82) is 0 Å². The number of nitrogens with zero attached hydrogens (tertiary/aromatic N) is 2. The third-order valence-corrected chi connectivity index (χ3v) is 11.0. The topological polar surface area (TPSA) is 105 Å². The van der Waals surface area contributed by atoms with Crippen molar-refractivity contribution in [3.63, 3.8) is 0 Å². The van der Waals surface area contributed by atoms with E-state index in [-0.39, 0.29) is 46.3 Å². The van der Waals surface area contributed by atoms with Crippen molar-refractivity contribution >= 4 is 50.7 Å². The zero-order valence-corrected chi connectivity index (χ0v) is 30.0. The number of carbonyl (C=O) groups excluding carboxylic acids is 2. The third kappa shape index (κ3) is 8.88. The molecule has 50 heavy (non-hydrogen) atoms. The van der Waals surface area contributed by atoms with E-state index < -0.39 is 34.3 Å². The number of hydrogen-bond acceptors (Lipinski definition) is 6. The van der Waals surface area contributed by atoms with Crippen molar-refractivity contribution in [3.05, 3.63) is 118 Å². The van der Waals surface area contributed by atoms with Crippen LogP contribution in [-0.4, -0.2) is 58.0 Å². The highest BCUT2D eigenvalue weighted by Gasteiger charge is 2.36. The van der Waals surface area contributed by atoms with E-state index in [1.54, 1.807) is 12.1 Å². The van der Waals surface area contributed by atoms with Crippen molar-refractivity contribution < 1.29 is 31.9 Å². The minimum Gasteiger partial charge on any atom is -0.493 e. The number of methoxy groups -OCH3 is 2. The molecule has 0 aromatic heterocycles. The maximum absolute atomic E-state index is 14.7. The van der Waals surface area contributed by atoms with E-state index in [2.05, 4.69) is 5.32 Å². The van der Waals surface area contributed by atoms with Crippen molar-refractivity contribution in [2.24, 2.45) is 0 Å². The van der Waals surface area contributed by atoms with Gasteiger partial charge in [0.25, 0.3) is 10.0 Å². The lowest BCUT2D eigenvalue weighted by molar-refractivity contribution is -0.140. The number of hydrogen-bond donors (Lipinski definition) is 1. The zero-order chi connectivity index (χ0) is 35.8. The van der Waals surface area contributed by atoms with Crippen LogP contribution in [-0.2, 0) is 32.6 Å². The van der Waals surface area contributed by atoms with Gasteiger partial charge in [0.2, 0.25) is 11.8 Å². The second-order valence-electron chi connectivity index (χ2n) is 12.0. The number of amides is 2. The largest absolute Gasteiger partial charge is 0.493 e. The van der Waals surface area contributed by atoms with Crippen LogP contribution in [0.2, 0.25) is 10.0 Å². The molecular formula is C37H38Cl2FN3O6S. The van der Waals surface area contributed by atoms with E-state index in [1.165, 1.54) is 55.5 Å². The van der Waals surface area contributed by atoms with Gasteiger partial charge in [0, 0.05) is 35.1 Å². The number of sulfonamides is 1. The maximum Gasteiger partial charge on any atom is 0.264 e. The normalized spacial score (nSPS) is 13.8. The van der Waals surface area contributed by atoms with Crippen molar-refractivity contribution in [2.75, 3.05) is 25.1 Å². The molecule has 13 heteroatoms. The highest BCUT2D eigenvalue weighted by Crippen LogP contribution is 2.33. The summed E-state index contributed by atoms with van der Waals surface area (Å²) >= 11 is 12.8. The molecule has 0 aliphatic heterocycles. The summed E-state index contributed by atoms with van der Waals surface area (Å²) in [6, 6.07) is 21.8. The van der Waals surface area contributed by atoms with Crippen molar-refractivity contribution in [1.82, 2.24) is 10.2 Å². The van der Waals surface area contributed by atoms with E-state index in [0.717, 1.165) is 47.7 Å². The lowest BCUT2D eigenvalue weighted by atomic mass is 10.0. The standard InChI is InChI=1S/C37H38Cl2FN3O6S/c1-48-34-19-18-31(22-35(34)49-2)50(46,47)43(30-16-14-28(40)15-17-30)24-36(44)42(23-26-12-13-27(38)21-32(26)39)33(20-25-8-4-3-5-9-25)37(45)41-29-10-6-7-11-29/h3-5,8-9,12-19,21-22,29,33H,6-7,10-11,20,23-24H2,1-2H3,(H,41,45). The van der Waals surface area contributed by atoms with Gasteiger partial charge in [-0.1, -0.05) is 72.4 Å². The summed E-state index contributed by atoms with van der Waals surface area (Å²) in [6.07, 6.45) is 3.76. The molecule has 1 aliphatic rings. The quantitative estimate of drug-likeness (QED) is 0.149. The highest BCUT2D eigenvalue weighted by atomic mass is 35.5. The van der Waals surface area contributed by atoms with Crippen LogP contribution in [0.4, 0.5) is 10.1 Å². The van der Waals surface area contributed by atoms with Gasteiger partial charge in [0.15, 0.2) is 11.5 Å². The summed E-state index contributed by atoms with van der Waals surface area (Å²) in [5.74, 6) is -1.18. The highest BCUT2D eigenvalue weighted by molar-refractivity contribution is 7.92. The Bertz CT molecular complexity index is 1910. The molecule has 9 nitrogen and oxygen atoms in total. The minimum absolute atomic E-state index is 0.0361. The summed E-state index contributed by atoms with van der Waals surface area (Å²) in [5.41, 5.74) is 1.34. The van der Waals surface area contributed by atoms with E-state index in [9.17, 15) is 22.4 Å². The van der Waals surface area contributed by atoms with E-state index >= 15 is 0 Å². The summed E-state index contributed by atoms with van der Waals surface area (Å²) in [7, 11) is -1.68. The molecule has 4 aromatic rings. The monoisotopic (exact) mass is 741 g/mol. The molecule has 4 aromatic carbocycles. The number of anilines is 1. The number of rotatable bonds is 14. The number of carbonyl (C=O) groups is 2. The smallest absolute Gasteiger partial charge is 0.264 e. The fourth-order valence-electron chi connectivity index (χ4n) is 6.00. The van der Waals surface area contributed by atoms with Crippen LogP contribution in [0.3, 0.4) is 0 Å². The van der Waals surface area contributed by atoms with Gasteiger partial charge < -0.3 is 19.7 Å². The van der Waals surface area contributed by atoms with Gasteiger partial charge in [-0.3, -0.25) is 13.9 Å². The number of ether oxygens (including phenoxy) is 2. The molecule has 2 amide bonds. The van der Waals surface area contributed by atoms with E-state index in [4.69, 9.17) is 32.7 Å². The van der Waals surface area contributed by atoms with Crippen LogP contribution in [0, 0.1) is 5.82 Å². The SMILES string of the molecule is COc1ccc(S(=O)(=O)N(CC(=O)N(Cc2ccc(Cl)cc2Cl)C(Cc2ccccc2)C(=O)NC2CCCC2)c2ccc(F)cc2)cc1OC. The van der Waals surface area contributed by atoms with Gasteiger partial charge in [-0.2, -0.15) is 0 Å². The molecule has 0 saturated heterocycles. The Hall–Kier alpha value is -4.32. The summed E-state index contributed by atoms with van der Waals surface area (Å²) in [5, 5.41) is 3.79. The second-order valence-corrected chi connectivity index (χ2v) is 14.7. The summed E-state index contributed by atoms with van der Waals surface area (Å²) in [4.78, 5) is 30.0. The Balaban J connectivity index is 1.60. The molecule has 0 radical (unpaired) electrons. The number of halogens is 3. The Labute approximate surface area is 301 Å². The van der Waals surface area contributed by atoms with Crippen LogP contribution < -0.4 is 19.1 Å². The first-order valence-corrected chi connectivity index (χ1v) is 18.3. The minimum atomic E-state index is -4.48. The van der Waals surface area contributed by atoms with Crippen LogP contribution in [0.15, 0.2) is 95.9 Å². The van der Waals surface area contributed by atoms with Gasteiger partial charge in [0.1, 0.15) is 18.4 Å². The Morgan fingerprint density at radius 2 is 1.58 bits per heavy atom. The van der Waals surface area contributed by atoms with Crippen LogP contribution in [0.25, 0.3) is 0 Å².